The number of hydrogen-bond acceptors (Lipinski definition) is 5. The van der Waals surface area contributed by atoms with Crippen molar-refractivity contribution in [3.05, 3.63) is 11.0 Å². The van der Waals surface area contributed by atoms with Crippen LogP contribution in [0.1, 0.15) is 5.69 Å². The molecule has 0 saturated carbocycles. The number of carbonyl (C=O) groups excluding carboxylic acids is 1. The van der Waals surface area contributed by atoms with Crippen molar-refractivity contribution in [1.82, 2.24) is 9.97 Å². The Morgan fingerprint density at radius 3 is 3.06 bits per heavy atom. The molecule has 0 spiro atoms. The van der Waals surface area contributed by atoms with Gasteiger partial charge in [-0.15, -0.1) is 0 Å². The molecule has 8 heteroatoms. The minimum atomic E-state index is -0.946. The number of nitrogens with one attached hydrogen (secondary N) is 1. The molecular formula is C10H11ClN4O2S. The van der Waals surface area contributed by atoms with E-state index in [1.807, 2.05) is 4.90 Å². The van der Waals surface area contributed by atoms with E-state index in [-0.39, 0.29) is 11.2 Å². The van der Waals surface area contributed by atoms with Crippen molar-refractivity contribution in [2.45, 2.75) is 13.0 Å². The van der Waals surface area contributed by atoms with E-state index in [1.54, 1.807) is 6.92 Å². The highest BCUT2D eigenvalue weighted by Gasteiger charge is 2.39. The minimum absolute atomic E-state index is 0.149. The highest BCUT2D eigenvalue weighted by Crippen LogP contribution is 2.34. The van der Waals surface area contributed by atoms with Crippen LogP contribution < -0.4 is 10.2 Å². The Morgan fingerprint density at radius 1 is 1.50 bits per heavy atom. The lowest BCUT2D eigenvalue weighted by atomic mass is 10.1. The Balaban J connectivity index is 2.11. The summed E-state index contributed by atoms with van der Waals surface area (Å²) >= 11 is 5.86. The van der Waals surface area contributed by atoms with Crippen LogP contribution in [0.5, 0.6) is 0 Å². The molecule has 1 aromatic heterocycles. The molecule has 0 bridgehead atoms. The van der Waals surface area contributed by atoms with Crippen LogP contribution in [0, 0.1) is 6.92 Å². The zero-order valence-electron chi connectivity index (χ0n) is 9.64. The van der Waals surface area contributed by atoms with Crippen molar-refractivity contribution in [2.24, 2.45) is 0 Å². The number of rotatable bonds is 0. The molecule has 1 saturated heterocycles. The smallest absolute Gasteiger partial charge is 0.248 e. The van der Waals surface area contributed by atoms with Crippen LogP contribution in [0.2, 0.25) is 5.28 Å². The van der Waals surface area contributed by atoms with Crippen LogP contribution in [0.3, 0.4) is 0 Å². The van der Waals surface area contributed by atoms with Crippen LogP contribution in [0.15, 0.2) is 0 Å². The molecule has 2 unspecified atom stereocenters. The number of amides is 1. The molecule has 2 aliphatic rings. The lowest BCUT2D eigenvalue weighted by Crippen LogP contribution is -2.56. The first-order valence-electron chi connectivity index (χ1n) is 5.53. The van der Waals surface area contributed by atoms with Gasteiger partial charge in [0.05, 0.1) is 11.4 Å². The number of carbonyl (C=O) groups is 1. The second-order valence-corrected chi connectivity index (χ2v) is 6.25. The van der Waals surface area contributed by atoms with E-state index in [9.17, 15) is 9.00 Å². The molecule has 18 heavy (non-hydrogen) atoms. The number of halogens is 1. The van der Waals surface area contributed by atoms with Gasteiger partial charge in [-0.3, -0.25) is 9.00 Å². The van der Waals surface area contributed by atoms with Gasteiger partial charge in [0.25, 0.3) is 0 Å². The fourth-order valence-electron chi connectivity index (χ4n) is 2.26. The molecule has 96 valence electrons. The van der Waals surface area contributed by atoms with Gasteiger partial charge < -0.3 is 10.2 Å². The molecule has 0 aliphatic carbocycles. The molecule has 1 N–H and O–H groups in total. The van der Waals surface area contributed by atoms with Gasteiger partial charge in [-0.05, 0) is 18.5 Å². The van der Waals surface area contributed by atoms with Crippen molar-refractivity contribution in [3.8, 4) is 0 Å². The summed E-state index contributed by atoms with van der Waals surface area (Å²) in [5, 5.41) is 2.94. The maximum Gasteiger partial charge on any atom is 0.248 e. The highest BCUT2D eigenvalue weighted by atomic mass is 35.5. The zero-order chi connectivity index (χ0) is 12.9. The Hall–Kier alpha value is -1.21. The van der Waals surface area contributed by atoms with Crippen molar-refractivity contribution in [3.63, 3.8) is 0 Å². The first kappa shape index (κ1) is 11.9. The van der Waals surface area contributed by atoms with Gasteiger partial charge in [0, 0.05) is 23.1 Å². The Bertz CT molecular complexity index is 565. The highest BCUT2D eigenvalue weighted by molar-refractivity contribution is 7.85. The molecular weight excluding hydrogens is 276 g/mol. The molecule has 1 aromatic rings. The van der Waals surface area contributed by atoms with E-state index in [2.05, 4.69) is 15.3 Å². The van der Waals surface area contributed by atoms with Crippen molar-refractivity contribution in [2.75, 3.05) is 28.3 Å². The van der Waals surface area contributed by atoms with E-state index in [0.717, 1.165) is 0 Å². The zero-order valence-corrected chi connectivity index (χ0v) is 11.2. The average molecular weight is 287 g/mol. The monoisotopic (exact) mass is 286 g/mol. The number of aryl methyl sites for hydroxylation is 1. The van der Waals surface area contributed by atoms with E-state index >= 15 is 0 Å². The quantitative estimate of drug-likeness (QED) is 0.696. The molecule has 2 atom stereocenters. The number of aromatic nitrogens is 2. The summed E-state index contributed by atoms with van der Waals surface area (Å²) in [5.41, 5.74) is 1.25. The predicted molar refractivity (Wildman–Crippen MR) is 69.4 cm³/mol. The summed E-state index contributed by atoms with van der Waals surface area (Å²) in [6.07, 6.45) is 0. The third kappa shape index (κ3) is 1.78. The summed E-state index contributed by atoms with van der Waals surface area (Å²) in [6.45, 7) is 2.32. The summed E-state index contributed by atoms with van der Waals surface area (Å²) < 4.78 is 11.6. The minimum Gasteiger partial charge on any atom is -0.341 e. The molecule has 3 heterocycles. The molecule has 1 amide bonds. The molecule has 0 radical (unpaired) electrons. The number of fused-ring (bicyclic) bond motifs is 3. The lowest BCUT2D eigenvalue weighted by Gasteiger charge is -2.39. The summed E-state index contributed by atoms with van der Waals surface area (Å²) in [6, 6.07) is -0.419. The molecule has 6 nitrogen and oxygen atoms in total. The number of anilines is 2. The molecule has 0 aromatic carbocycles. The largest absolute Gasteiger partial charge is 0.341 e. The lowest BCUT2D eigenvalue weighted by molar-refractivity contribution is -0.117. The maximum atomic E-state index is 12.0. The van der Waals surface area contributed by atoms with Gasteiger partial charge >= 0.3 is 0 Å². The second kappa shape index (κ2) is 4.17. The van der Waals surface area contributed by atoms with Gasteiger partial charge in [0.2, 0.25) is 11.2 Å². The van der Waals surface area contributed by atoms with Crippen LogP contribution in [-0.4, -0.2) is 44.2 Å². The summed E-state index contributed by atoms with van der Waals surface area (Å²) in [5.74, 6) is 1.37. The van der Waals surface area contributed by atoms with Gasteiger partial charge in [-0.25, -0.2) is 4.98 Å². The predicted octanol–water partition coefficient (Wildman–Crippen LogP) is 0.328. The Labute approximate surface area is 111 Å². The van der Waals surface area contributed by atoms with Crippen molar-refractivity contribution < 1.29 is 9.00 Å². The third-order valence-electron chi connectivity index (χ3n) is 3.15. The third-order valence-corrected chi connectivity index (χ3v) is 4.64. The van der Waals surface area contributed by atoms with Gasteiger partial charge in [-0.2, -0.15) is 4.98 Å². The topological polar surface area (TPSA) is 75.2 Å². The first-order chi connectivity index (χ1) is 8.56. The standard InChI is InChI=1S/C10H11ClN4O2S/c1-5-7-8(14-10(11)12-5)15-2-3-18(17)4-6(15)9(16)13-7/h6H,2-4H2,1H3,(H,13,16). The van der Waals surface area contributed by atoms with E-state index < -0.39 is 16.8 Å². The van der Waals surface area contributed by atoms with Crippen molar-refractivity contribution in [1.29, 1.82) is 0 Å². The molecule has 2 aliphatic heterocycles. The van der Waals surface area contributed by atoms with E-state index in [1.165, 1.54) is 0 Å². The Morgan fingerprint density at radius 2 is 2.28 bits per heavy atom. The average Bonchev–Trinajstić information content (AvgIpc) is 2.31. The molecule has 1 fully saturated rings. The van der Waals surface area contributed by atoms with Gasteiger partial charge in [-0.1, -0.05) is 0 Å². The first-order valence-corrected chi connectivity index (χ1v) is 7.39. The fraction of sp³-hybridized carbons (Fsp3) is 0.500. The number of hydrogen-bond donors (Lipinski definition) is 1. The van der Waals surface area contributed by atoms with Gasteiger partial charge in [0.1, 0.15) is 11.7 Å². The SMILES string of the molecule is Cc1nc(Cl)nc2c1NC(=O)C1CS(=O)CCN21. The van der Waals surface area contributed by atoms with Crippen molar-refractivity contribution >= 4 is 39.8 Å². The van der Waals surface area contributed by atoms with Crippen LogP contribution >= 0.6 is 11.6 Å². The number of nitrogens with zero attached hydrogens (tertiary/aromatic N) is 3. The fourth-order valence-corrected chi connectivity index (χ4v) is 3.72. The van der Waals surface area contributed by atoms with Crippen LogP contribution in [0.4, 0.5) is 11.5 Å². The second-order valence-electron chi connectivity index (χ2n) is 4.29. The normalized spacial score (nSPS) is 26.3. The van der Waals surface area contributed by atoms with E-state index in [0.29, 0.717) is 35.2 Å². The summed E-state index contributed by atoms with van der Waals surface area (Å²) in [7, 11) is -0.946. The molecule has 3 rings (SSSR count). The van der Waals surface area contributed by atoms with Crippen LogP contribution in [-0.2, 0) is 15.6 Å². The Kier molecular flexibility index (Phi) is 2.74. The maximum absolute atomic E-state index is 12.0. The van der Waals surface area contributed by atoms with Crippen LogP contribution in [0.25, 0.3) is 0 Å². The van der Waals surface area contributed by atoms with E-state index in [4.69, 9.17) is 11.6 Å². The van der Waals surface area contributed by atoms with Gasteiger partial charge in [0.15, 0.2) is 5.82 Å². The summed E-state index contributed by atoms with van der Waals surface area (Å²) in [4.78, 5) is 22.1.